The molecule has 27 heavy (non-hydrogen) atoms. The zero-order chi connectivity index (χ0) is 19.4. The van der Waals surface area contributed by atoms with Crippen molar-refractivity contribution < 1.29 is 4.79 Å². The van der Waals surface area contributed by atoms with Crippen LogP contribution in [0.4, 0.5) is 5.69 Å². The van der Waals surface area contributed by atoms with E-state index >= 15 is 0 Å². The van der Waals surface area contributed by atoms with Crippen LogP contribution < -0.4 is 5.32 Å². The van der Waals surface area contributed by atoms with Crippen molar-refractivity contribution in [2.45, 2.75) is 37.7 Å². The lowest BCUT2D eigenvalue weighted by atomic mass is 10.1. The second-order valence-corrected chi connectivity index (χ2v) is 8.31. The van der Waals surface area contributed by atoms with Gasteiger partial charge in [0.25, 0.3) is 0 Å². The molecule has 3 aromatic rings. The van der Waals surface area contributed by atoms with Crippen LogP contribution in [-0.4, -0.2) is 25.9 Å². The van der Waals surface area contributed by atoms with E-state index in [1.54, 1.807) is 0 Å². The fourth-order valence-electron chi connectivity index (χ4n) is 2.67. The first-order chi connectivity index (χ1) is 13.0. The Balaban J connectivity index is 1.77. The van der Waals surface area contributed by atoms with Gasteiger partial charge in [-0.05, 0) is 54.9 Å². The number of rotatable bonds is 6. The standard InChI is InChI=1S/C20H21BrN4OS/c1-4-25-18(15-9-7-8-13(2)12-15)23-24-20(25)27-14(3)19(26)22-17-11-6-5-10-16(17)21/h5-12,14H,4H2,1-3H3,(H,22,26). The lowest BCUT2D eigenvalue weighted by Crippen LogP contribution is -2.23. The van der Waals surface area contributed by atoms with Gasteiger partial charge >= 0.3 is 0 Å². The molecule has 0 aliphatic heterocycles. The molecule has 0 saturated carbocycles. The number of thioether (sulfide) groups is 1. The molecule has 0 aliphatic carbocycles. The minimum Gasteiger partial charge on any atom is -0.324 e. The number of hydrogen-bond acceptors (Lipinski definition) is 4. The third kappa shape index (κ3) is 4.59. The van der Waals surface area contributed by atoms with Crippen LogP contribution in [0, 0.1) is 6.92 Å². The number of nitrogens with zero attached hydrogens (tertiary/aromatic N) is 3. The van der Waals surface area contributed by atoms with Gasteiger partial charge in [-0.15, -0.1) is 10.2 Å². The van der Waals surface area contributed by atoms with Gasteiger partial charge in [0.2, 0.25) is 5.91 Å². The van der Waals surface area contributed by atoms with Crippen molar-refractivity contribution in [1.82, 2.24) is 14.8 Å². The van der Waals surface area contributed by atoms with Crippen molar-refractivity contribution in [1.29, 1.82) is 0 Å². The number of benzene rings is 2. The molecule has 1 amide bonds. The summed E-state index contributed by atoms with van der Waals surface area (Å²) in [6.07, 6.45) is 0. The van der Waals surface area contributed by atoms with Crippen molar-refractivity contribution in [3.05, 3.63) is 58.6 Å². The second-order valence-electron chi connectivity index (χ2n) is 6.15. The maximum absolute atomic E-state index is 12.6. The van der Waals surface area contributed by atoms with Gasteiger partial charge in [0.15, 0.2) is 11.0 Å². The number of aryl methyl sites for hydroxylation is 1. The Labute approximate surface area is 171 Å². The van der Waals surface area contributed by atoms with E-state index in [-0.39, 0.29) is 11.2 Å². The Hall–Kier alpha value is -2.12. The molecule has 1 atom stereocenters. The molecule has 0 aliphatic rings. The summed E-state index contributed by atoms with van der Waals surface area (Å²) in [5, 5.41) is 12.1. The third-order valence-corrected chi connectivity index (χ3v) is 5.86. The molecule has 5 nitrogen and oxygen atoms in total. The summed E-state index contributed by atoms with van der Waals surface area (Å²) in [4.78, 5) is 12.6. The molecule has 0 bridgehead atoms. The van der Waals surface area contributed by atoms with E-state index in [0.717, 1.165) is 33.2 Å². The van der Waals surface area contributed by atoms with E-state index < -0.39 is 0 Å². The van der Waals surface area contributed by atoms with Crippen LogP contribution in [0.3, 0.4) is 0 Å². The van der Waals surface area contributed by atoms with Crippen molar-refractivity contribution in [2.75, 3.05) is 5.32 Å². The Morgan fingerprint density at radius 2 is 2.00 bits per heavy atom. The van der Waals surface area contributed by atoms with Gasteiger partial charge in [0.1, 0.15) is 0 Å². The van der Waals surface area contributed by atoms with E-state index in [2.05, 4.69) is 57.4 Å². The highest BCUT2D eigenvalue weighted by atomic mass is 79.9. The molecular weight excluding hydrogens is 424 g/mol. The molecule has 3 rings (SSSR count). The summed E-state index contributed by atoms with van der Waals surface area (Å²) in [5.41, 5.74) is 2.96. The quantitative estimate of drug-likeness (QED) is 0.533. The topological polar surface area (TPSA) is 59.8 Å². The summed E-state index contributed by atoms with van der Waals surface area (Å²) < 4.78 is 2.90. The number of carbonyl (C=O) groups is 1. The largest absolute Gasteiger partial charge is 0.324 e. The van der Waals surface area contributed by atoms with E-state index in [1.165, 1.54) is 17.3 Å². The average Bonchev–Trinajstić information content (AvgIpc) is 3.06. The first kappa shape index (κ1) is 19.6. The van der Waals surface area contributed by atoms with Crippen molar-refractivity contribution in [2.24, 2.45) is 0 Å². The lowest BCUT2D eigenvalue weighted by molar-refractivity contribution is -0.115. The van der Waals surface area contributed by atoms with Crippen LogP contribution in [0.1, 0.15) is 19.4 Å². The maximum atomic E-state index is 12.6. The number of anilines is 1. The Bertz CT molecular complexity index is 957. The van der Waals surface area contributed by atoms with E-state index in [9.17, 15) is 4.79 Å². The third-order valence-electron chi connectivity index (χ3n) is 4.09. The van der Waals surface area contributed by atoms with E-state index in [4.69, 9.17) is 0 Å². The first-order valence-corrected chi connectivity index (χ1v) is 10.4. The van der Waals surface area contributed by atoms with Gasteiger partial charge in [0.05, 0.1) is 10.9 Å². The predicted octanol–water partition coefficient (Wildman–Crippen LogP) is 5.16. The van der Waals surface area contributed by atoms with Crippen LogP contribution in [0.15, 0.2) is 58.2 Å². The van der Waals surface area contributed by atoms with Gasteiger partial charge < -0.3 is 9.88 Å². The van der Waals surface area contributed by atoms with Gasteiger partial charge in [-0.2, -0.15) is 0 Å². The lowest BCUT2D eigenvalue weighted by Gasteiger charge is -2.13. The van der Waals surface area contributed by atoms with Crippen LogP contribution in [0.5, 0.6) is 0 Å². The van der Waals surface area contributed by atoms with Gasteiger partial charge in [-0.25, -0.2) is 0 Å². The number of amides is 1. The molecular formula is C20H21BrN4OS. The van der Waals surface area contributed by atoms with Crippen molar-refractivity contribution in [3.8, 4) is 11.4 Å². The van der Waals surface area contributed by atoms with Crippen LogP contribution >= 0.6 is 27.7 Å². The number of hydrogen-bond donors (Lipinski definition) is 1. The SMILES string of the molecule is CCn1c(SC(C)C(=O)Nc2ccccc2Br)nnc1-c1cccc(C)c1. The Morgan fingerprint density at radius 3 is 2.70 bits per heavy atom. The molecule has 1 heterocycles. The molecule has 2 aromatic carbocycles. The summed E-state index contributed by atoms with van der Waals surface area (Å²) in [6, 6.07) is 15.8. The number of para-hydroxylation sites is 1. The first-order valence-electron chi connectivity index (χ1n) is 8.72. The normalized spacial score (nSPS) is 12.0. The van der Waals surface area contributed by atoms with Crippen LogP contribution in [-0.2, 0) is 11.3 Å². The number of aromatic nitrogens is 3. The average molecular weight is 445 g/mol. The molecule has 0 spiro atoms. The zero-order valence-corrected chi connectivity index (χ0v) is 17.8. The van der Waals surface area contributed by atoms with Crippen molar-refractivity contribution >= 4 is 39.3 Å². The fraction of sp³-hybridized carbons (Fsp3) is 0.250. The minimum absolute atomic E-state index is 0.0744. The van der Waals surface area contributed by atoms with E-state index in [1.807, 2.05) is 47.9 Å². The summed E-state index contributed by atoms with van der Waals surface area (Å²) in [7, 11) is 0. The minimum atomic E-state index is -0.308. The molecule has 0 radical (unpaired) electrons. The highest BCUT2D eigenvalue weighted by Crippen LogP contribution is 2.28. The van der Waals surface area contributed by atoms with Crippen molar-refractivity contribution in [3.63, 3.8) is 0 Å². The fourth-order valence-corrected chi connectivity index (χ4v) is 3.96. The van der Waals surface area contributed by atoms with Crippen LogP contribution in [0.2, 0.25) is 0 Å². The van der Waals surface area contributed by atoms with Gasteiger partial charge in [-0.3, -0.25) is 4.79 Å². The monoisotopic (exact) mass is 444 g/mol. The Morgan fingerprint density at radius 1 is 1.22 bits per heavy atom. The molecule has 0 fully saturated rings. The number of nitrogens with one attached hydrogen (secondary N) is 1. The van der Waals surface area contributed by atoms with Gasteiger partial charge in [0, 0.05) is 16.6 Å². The predicted molar refractivity (Wildman–Crippen MR) is 114 cm³/mol. The molecule has 1 aromatic heterocycles. The maximum Gasteiger partial charge on any atom is 0.237 e. The molecule has 1 N–H and O–H groups in total. The molecule has 1 unspecified atom stereocenters. The summed E-state index contributed by atoms with van der Waals surface area (Å²) in [6.45, 7) is 6.72. The number of carbonyl (C=O) groups excluding carboxylic acids is 1. The smallest absolute Gasteiger partial charge is 0.237 e. The molecule has 7 heteroatoms. The second kappa shape index (κ2) is 8.71. The summed E-state index contributed by atoms with van der Waals surface area (Å²) >= 11 is 4.86. The van der Waals surface area contributed by atoms with Crippen LogP contribution in [0.25, 0.3) is 11.4 Å². The van der Waals surface area contributed by atoms with E-state index in [0.29, 0.717) is 0 Å². The highest BCUT2D eigenvalue weighted by Gasteiger charge is 2.21. The number of halogens is 1. The molecule has 0 saturated heterocycles. The highest BCUT2D eigenvalue weighted by molar-refractivity contribution is 9.10. The molecule has 140 valence electrons. The van der Waals surface area contributed by atoms with Gasteiger partial charge in [-0.1, -0.05) is 47.7 Å². The zero-order valence-electron chi connectivity index (χ0n) is 15.4. The Kier molecular flexibility index (Phi) is 6.34. The summed E-state index contributed by atoms with van der Waals surface area (Å²) in [5.74, 6) is 0.747.